The zero-order valence-corrected chi connectivity index (χ0v) is 6.98. The summed E-state index contributed by atoms with van der Waals surface area (Å²) in [5.41, 5.74) is 0.895. The number of hydrogen-bond donors (Lipinski definition) is 2. The summed E-state index contributed by atoms with van der Waals surface area (Å²) in [6.45, 7) is 0. The van der Waals surface area contributed by atoms with Gasteiger partial charge < -0.3 is 10.6 Å². The quantitative estimate of drug-likeness (QED) is 0.612. The summed E-state index contributed by atoms with van der Waals surface area (Å²) in [6, 6.07) is 3.75. The number of thiocarbonyl (C=S) groups is 1. The summed E-state index contributed by atoms with van der Waals surface area (Å²) in [6.07, 6.45) is 3.43. The minimum atomic E-state index is 0.595. The highest BCUT2D eigenvalue weighted by Crippen LogP contribution is 2.01. The first-order valence-electron chi connectivity index (χ1n) is 3.21. The molecular formula is C7H9N3S. The van der Waals surface area contributed by atoms with Crippen LogP contribution in [0.15, 0.2) is 24.5 Å². The van der Waals surface area contributed by atoms with Gasteiger partial charge in [-0.2, -0.15) is 0 Å². The zero-order valence-electron chi connectivity index (χ0n) is 6.16. The van der Waals surface area contributed by atoms with Crippen LogP contribution in [0.1, 0.15) is 0 Å². The number of anilines is 1. The third kappa shape index (κ3) is 2.51. The van der Waals surface area contributed by atoms with E-state index in [0.717, 1.165) is 5.69 Å². The van der Waals surface area contributed by atoms with E-state index in [4.69, 9.17) is 12.2 Å². The highest BCUT2D eigenvalue weighted by molar-refractivity contribution is 7.80. The Morgan fingerprint density at radius 3 is 3.00 bits per heavy atom. The van der Waals surface area contributed by atoms with Crippen molar-refractivity contribution in [3.8, 4) is 0 Å². The molecule has 0 aliphatic heterocycles. The fourth-order valence-electron chi connectivity index (χ4n) is 0.630. The number of aromatic nitrogens is 1. The average Bonchev–Trinajstić information content (AvgIpc) is 2.06. The first-order chi connectivity index (χ1) is 5.33. The maximum absolute atomic E-state index is 4.89. The van der Waals surface area contributed by atoms with Crippen LogP contribution in [0.5, 0.6) is 0 Å². The molecule has 11 heavy (non-hydrogen) atoms. The Morgan fingerprint density at radius 2 is 2.45 bits per heavy atom. The van der Waals surface area contributed by atoms with Gasteiger partial charge in [-0.25, -0.2) is 0 Å². The smallest absolute Gasteiger partial charge is 0.170 e. The predicted octanol–water partition coefficient (Wildman–Crippen LogP) is 0.998. The number of rotatable bonds is 1. The third-order valence-electron chi connectivity index (χ3n) is 1.15. The van der Waals surface area contributed by atoms with E-state index in [9.17, 15) is 0 Å². The minimum Gasteiger partial charge on any atom is -0.366 e. The Labute approximate surface area is 70.8 Å². The molecule has 1 aromatic heterocycles. The molecule has 2 N–H and O–H groups in total. The van der Waals surface area contributed by atoms with Gasteiger partial charge in [0.05, 0.1) is 11.9 Å². The molecule has 4 heteroatoms. The van der Waals surface area contributed by atoms with Gasteiger partial charge in [0.25, 0.3) is 0 Å². The maximum atomic E-state index is 4.89. The molecule has 0 spiro atoms. The summed E-state index contributed by atoms with van der Waals surface area (Å²) in [4.78, 5) is 3.92. The molecule has 1 aromatic rings. The minimum absolute atomic E-state index is 0.595. The van der Waals surface area contributed by atoms with Gasteiger partial charge in [-0.1, -0.05) is 0 Å². The van der Waals surface area contributed by atoms with Gasteiger partial charge in [0.2, 0.25) is 0 Å². The Balaban J connectivity index is 2.58. The van der Waals surface area contributed by atoms with Crippen LogP contribution < -0.4 is 10.6 Å². The van der Waals surface area contributed by atoms with Gasteiger partial charge in [-0.05, 0) is 24.4 Å². The monoisotopic (exact) mass is 167 g/mol. The van der Waals surface area contributed by atoms with Crippen molar-refractivity contribution in [2.24, 2.45) is 0 Å². The number of nitrogens with one attached hydrogen (secondary N) is 2. The number of nitrogens with zero attached hydrogens (tertiary/aromatic N) is 1. The zero-order chi connectivity index (χ0) is 8.10. The first kappa shape index (κ1) is 7.94. The summed E-state index contributed by atoms with van der Waals surface area (Å²) >= 11 is 4.89. The summed E-state index contributed by atoms with van der Waals surface area (Å²) in [5.74, 6) is 0. The van der Waals surface area contributed by atoms with Crippen LogP contribution in [0, 0.1) is 0 Å². The molecular weight excluding hydrogens is 158 g/mol. The molecule has 0 atom stereocenters. The van der Waals surface area contributed by atoms with Crippen molar-refractivity contribution >= 4 is 23.0 Å². The van der Waals surface area contributed by atoms with E-state index >= 15 is 0 Å². The molecule has 58 valence electrons. The van der Waals surface area contributed by atoms with Crippen molar-refractivity contribution in [2.45, 2.75) is 0 Å². The van der Waals surface area contributed by atoms with Crippen molar-refractivity contribution in [3.05, 3.63) is 24.5 Å². The second-order valence-electron chi connectivity index (χ2n) is 1.95. The number of pyridine rings is 1. The molecule has 0 aliphatic carbocycles. The van der Waals surface area contributed by atoms with Gasteiger partial charge >= 0.3 is 0 Å². The Morgan fingerprint density at radius 1 is 1.64 bits per heavy atom. The SMILES string of the molecule is CNC(=S)Nc1cccnc1. The van der Waals surface area contributed by atoms with Crippen LogP contribution in [-0.2, 0) is 0 Å². The molecule has 0 saturated carbocycles. The van der Waals surface area contributed by atoms with Crippen LogP contribution in [-0.4, -0.2) is 17.1 Å². The van der Waals surface area contributed by atoms with Gasteiger partial charge in [0, 0.05) is 13.2 Å². The van der Waals surface area contributed by atoms with Crippen molar-refractivity contribution in [1.29, 1.82) is 0 Å². The lowest BCUT2D eigenvalue weighted by Crippen LogP contribution is -2.24. The van der Waals surface area contributed by atoms with Crippen molar-refractivity contribution in [2.75, 3.05) is 12.4 Å². The Kier molecular flexibility index (Phi) is 2.80. The largest absolute Gasteiger partial charge is 0.366 e. The normalized spacial score (nSPS) is 8.82. The highest BCUT2D eigenvalue weighted by atomic mass is 32.1. The van der Waals surface area contributed by atoms with E-state index in [1.54, 1.807) is 19.4 Å². The lowest BCUT2D eigenvalue weighted by atomic mass is 10.4. The Bertz CT molecular complexity index is 235. The summed E-state index contributed by atoms with van der Waals surface area (Å²) in [5, 5.41) is 6.35. The van der Waals surface area contributed by atoms with E-state index in [0.29, 0.717) is 5.11 Å². The molecule has 1 heterocycles. The standard InChI is InChI=1S/C7H9N3S/c1-8-7(11)10-6-3-2-4-9-5-6/h2-5H,1H3,(H2,8,10,11). The molecule has 3 nitrogen and oxygen atoms in total. The topological polar surface area (TPSA) is 37.0 Å². The molecule has 0 bridgehead atoms. The van der Waals surface area contributed by atoms with Gasteiger partial charge in [-0.15, -0.1) is 0 Å². The Hall–Kier alpha value is -1.16. The maximum Gasteiger partial charge on any atom is 0.170 e. The van der Waals surface area contributed by atoms with E-state index in [1.807, 2.05) is 12.1 Å². The van der Waals surface area contributed by atoms with Crippen LogP contribution in [0.25, 0.3) is 0 Å². The van der Waals surface area contributed by atoms with E-state index < -0.39 is 0 Å². The van der Waals surface area contributed by atoms with Gasteiger partial charge in [0.1, 0.15) is 0 Å². The van der Waals surface area contributed by atoms with Crippen LogP contribution in [0.3, 0.4) is 0 Å². The van der Waals surface area contributed by atoms with Gasteiger partial charge in [-0.3, -0.25) is 4.98 Å². The molecule has 0 unspecified atom stereocenters. The molecule has 0 aromatic carbocycles. The number of hydrogen-bond acceptors (Lipinski definition) is 2. The lowest BCUT2D eigenvalue weighted by Gasteiger charge is -2.04. The third-order valence-corrected chi connectivity index (χ3v) is 1.45. The molecule has 0 aliphatic rings. The average molecular weight is 167 g/mol. The van der Waals surface area contributed by atoms with Crippen LogP contribution in [0.2, 0.25) is 0 Å². The van der Waals surface area contributed by atoms with Crippen LogP contribution in [0.4, 0.5) is 5.69 Å². The van der Waals surface area contributed by atoms with Crippen molar-refractivity contribution in [1.82, 2.24) is 10.3 Å². The molecule has 1 rings (SSSR count). The first-order valence-corrected chi connectivity index (χ1v) is 3.62. The van der Waals surface area contributed by atoms with Crippen molar-refractivity contribution in [3.63, 3.8) is 0 Å². The predicted molar refractivity (Wildman–Crippen MR) is 49.5 cm³/mol. The summed E-state index contributed by atoms with van der Waals surface area (Å²) in [7, 11) is 1.77. The molecule has 0 amide bonds. The van der Waals surface area contributed by atoms with E-state index in [1.165, 1.54) is 0 Å². The van der Waals surface area contributed by atoms with E-state index in [-0.39, 0.29) is 0 Å². The molecule has 0 saturated heterocycles. The second kappa shape index (κ2) is 3.88. The fourth-order valence-corrected chi connectivity index (χ4v) is 0.748. The fraction of sp³-hybridized carbons (Fsp3) is 0.143. The molecule has 0 radical (unpaired) electrons. The highest BCUT2D eigenvalue weighted by Gasteiger charge is 1.91. The van der Waals surface area contributed by atoms with Crippen LogP contribution >= 0.6 is 12.2 Å². The lowest BCUT2D eigenvalue weighted by molar-refractivity contribution is 1.19. The molecule has 0 fully saturated rings. The van der Waals surface area contributed by atoms with Crippen molar-refractivity contribution < 1.29 is 0 Å². The summed E-state index contributed by atoms with van der Waals surface area (Å²) < 4.78 is 0. The second-order valence-corrected chi connectivity index (χ2v) is 2.35. The van der Waals surface area contributed by atoms with E-state index in [2.05, 4.69) is 15.6 Å². The van der Waals surface area contributed by atoms with Gasteiger partial charge in [0.15, 0.2) is 5.11 Å².